The number of benzene rings is 1. The average Bonchev–Trinajstić information content (AvgIpc) is 2.55. The van der Waals surface area contributed by atoms with Crippen molar-refractivity contribution in [1.82, 2.24) is 9.73 Å². The summed E-state index contributed by atoms with van der Waals surface area (Å²) in [7, 11) is -3.28. The molecule has 1 aromatic carbocycles. The van der Waals surface area contributed by atoms with Crippen LogP contribution >= 0.6 is 0 Å². The van der Waals surface area contributed by atoms with Crippen LogP contribution in [-0.4, -0.2) is 50.1 Å². The lowest BCUT2D eigenvalue weighted by molar-refractivity contribution is -0.126. The van der Waals surface area contributed by atoms with Crippen molar-refractivity contribution in [3.8, 4) is 0 Å². The number of anilines is 1. The average molecular weight is 366 g/mol. The first-order valence-electron chi connectivity index (χ1n) is 7.91. The van der Waals surface area contributed by atoms with E-state index in [1.165, 1.54) is 17.4 Å². The Morgan fingerprint density at radius 1 is 1.28 bits per heavy atom. The molecule has 1 saturated heterocycles. The Morgan fingerprint density at radius 3 is 2.56 bits per heavy atom. The third kappa shape index (κ3) is 5.95. The van der Waals surface area contributed by atoms with Gasteiger partial charge in [-0.2, -0.15) is 5.10 Å². The molecule has 1 aromatic rings. The normalized spacial score (nSPS) is 18.9. The maximum atomic E-state index is 12.1. The topological polar surface area (TPSA) is 108 Å². The zero-order valence-electron chi connectivity index (χ0n) is 14.2. The summed E-state index contributed by atoms with van der Waals surface area (Å²) in [5.41, 5.74) is 3.90. The summed E-state index contributed by atoms with van der Waals surface area (Å²) in [6.07, 6.45) is 3.93. The Morgan fingerprint density at radius 2 is 1.96 bits per heavy atom. The number of sulfonamides is 1. The number of hydrazone groups is 1. The highest BCUT2D eigenvalue weighted by Crippen LogP contribution is 2.18. The van der Waals surface area contributed by atoms with E-state index in [1.807, 2.05) is 0 Å². The summed E-state index contributed by atoms with van der Waals surface area (Å²) in [6.45, 7) is 2.07. The zero-order valence-corrected chi connectivity index (χ0v) is 15.0. The SMILES string of the molecule is CC(=O)Nc1ccc(/C=N\NC(=O)[C@@H]2CCCN(S(C)(=O)=O)C2)cc1. The number of hydrogen-bond donors (Lipinski definition) is 2. The molecule has 2 N–H and O–H groups in total. The Labute approximate surface area is 147 Å². The molecule has 0 saturated carbocycles. The van der Waals surface area contributed by atoms with Crippen molar-refractivity contribution in [3.05, 3.63) is 29.8 Å². The van der Waals surface area contributed by atoms with Crippen molar-refractivity contribution < 1.29 is 18.0 Å². The van der Waals surface area contributed by atoms with Crippen molar-refractivity contribution in [3.63, 3.8) is 0 Å². The van der Waals surface area contributed by atoms with Crippen molar-refractivity contribution in [2.75, 3.05) is 24.7 Å². The van der Waals surface area contributed by atoms with Gasteiger partial charge in [0.15, 0.2) is 0 Å². The van der Waals surface area contributed by atoms with Gasteiger partial charge in [-0.15, -0.1) is 0 Å². The molecule has 0 aromatic heterocycles. The van der Waals surface area contributed by atoms with Gasteiger partial charge in [-0.1, -0.05) is 12.1 Å². The van der Waals surface area contributed by atoms with Gasteiger partial charge in [0.2, 0.25) is 21.8 Å². The van der Waals surface area contributed by atoms with E-state index in [9.17, 15) is 18.0 Å². The predicted molar refractivity (Wildman–Crippen MR) is 95.6 cm³/mol. The quantitative estimate of drug-likeness (QED) is 0.592. The van der Waals surface area contributed by atoms with Crippen LogP contribution in [0.15, 0.2) is 29.4 Å². The number of hydrogen-bond acceptors (Lipinski definition) is 5. The first kappa shape index (κ1) is 19.1. The van der Waals surface area contributed by atoms with Crippen LogP contribution in [0.3, 0.4) is 0 Å². The summed E-state index contributed by atoms with van der Waals surface area (Å²) in [6, 6.07) is 6.98. The second kappa shape index (κ2) is 8.21. The van der Waals surface area contributed by atoms with E-state index in [-0.39, 0.29) is 18.4 Å². The van der Waals surface area contributed by atoms with Gasteiger partial charge < -0.3 is 5.32 Å². The van der Waals surface area contributed by atoms with Crippen LogP contribution < -0.4 is 10.7 Å². The van der Waals surface area contributed by atoms with Crippen LogP contribution in [0.4, 0.5) is 5.69 Å². The van der Waals surface area contributed by atoms with E-state index in [1.54, 1.807) is 24.3 Å². The van der Waals surface area contributed by atoms with Crippen molar-refractivity contribution in [1.29, 1.82) is 0 Å². The molecule has 136 valence electrons. The molecular weight excluding hydrogens is 344 g/mol. The van der Waals surface area contributed by atoms with E-state index < -0.39 is 15.9 Å². The van der Waals surface area contributed by atoms with Crippen LogP contribution in [0.5, 0.6) is 0 Å². The van der Waals surface area contributed by atoms with Gasteiger partial charge in [0, 0.05) is 25.7 Å². The van der Waals surface area contributed by atoms with E-state index in [0.717, 1.165) is 11.8 Å². The molecule has 1 aliphatic heterocycles. The molecule has 8 nitrogen and oxygen atoms in total. The molecule has 0 radical (unpaired) electrons. The fraction of sp³-hybridized carbons (Fsp3) is 0.438. The van der Waals surface area contributed by atoms with Crippen LogP contribution in [0.25, 0.3) is 0 Å². The number of carbonyl (C=O) groups excluding carboxylic acids is 2. The largest absolute Gasteiger partial charge is 0.326 e. The van der Waals surface area contributed by atoms with Crippen molar-refractivity contribution >= 4 is 33.7 Å². The number of amides is 2. The third-order valence-corrected chi connectivity index (χ3v) is 5.11. The van der Waals surface area contributed by atoms with Crippen LogP contribution in [0.1, 0.15) is 25.3 Å². The van der Waals surface area contributed by atoms with E-state index in [2.05, 4.69) is 15.8 Å². The highest BCUT2D eigenvalue weighted by molar-refractivity contribution is 7.88. The minimum atomic E-state index is -3.28. The molecule has 0 spiro atoms. The van der Waals surface area contributed by atoms with Crippen molar-refractivity contribution in [2.24, 2.45) is 11.0 Å². The van der Waals surface area contributed by atoms with E-state index in [0.29, 0.717) is 25.1 Å². The molecule has 9 heteroatoms. The second-order valence-electron chi connectivity index (χ2n) is 6.00. The lowest BCUT2D eigenvalue weighted by atomic mass is 9.99. The first-order valence-corrected chi connectivity index (χ1v) is 9.76. The summed E-state index contributed by atoms with van der Waals surface area (Å²) in [5.74, 6) is -0.841. The highest BCUT2D eigenvalue weighted by Gasteiger charge is 2.29. The lowest BCUT2D eigenvalue weighted by Gasteiger charge is -2.29. The third-order valence-electron chi connectivity index (χ3n) is 3.84. The minimum absolute atomic E-state index is 0.149. The summed E-state index contributed by atoms with van der Waals surface area (Å²) < 4.78 is 24.5. The molecule has 1 aliphatic rings. The molecule has 25 heavy (non-hydrogen) atoms. The minimum Gasteiger partial charge on any atom is -0.326 e. The Balaban J connectivity index is 1.88. The molecular formula is C16H22N4O4S. The second-order valence-corrected chi connectivity index (χ2v) is 7.98. The van der Waals surface area contributed by atoms with Gasteiger partial charge in [0.1, 0.15) is 0 Å². The summed E-state index contributed by atoms with van der Waals surface area (Å²) in [4.78, 5) is 23.1. The summed E-state index contributed by atoms with van der Waals surface area (Å²) >= 11 is 0. The number of nitrogens with one attached hydrogen (secondary N) is 2. The van der Waals surface area contributed by atoms with Crippen LogP contribution in [-0.2, 0) is 19.6 Å². The van der Waals surface area contributed by atoms with Crippen LogP contribution in [0, 0.1) is 5.92 Å². The Kier molecular flexibility index (Phi) is 6.27. The zero-order chi connectivity index (χ0) is 18.4. The number of piperidine rings is 1. The number of rotatable bonds is 5. The maximum absolute atomic E-state index is 12.1. The molecule has 0 aliphatic carbocycles. The van der Waals surface area contributed by atoms with Gasteiger partial charge in [-0.3, -0.25) is 9.59 Å². The molecule has 1 atom stereocenters. The fourth-order valence-corrected chi connectivity index (χ4v) is 3.49. The Bertz CT molecular complexity index is 759. The smallest absolute Gasteiger partial charge is 0.244 e. The standard InChI is InChI=1S/C16H22N4O4S/c1-12(21)18-15-7-5-13(6-8-15)10-17-19-16(22)14-4-3-9-20(11-14)25(2,23)24/h5-8,10,14H,3-4,9,11H2,1-2H3,(H,18,21)(H,19,22)/b17-10-/t14-/m1/s1. The predicted octanol–water partition coefficient (Wildman–Crippen LogP) is 0.767. The van der Waals surface area contributed by atoms with Gasteiger partial charge in [-0.05, 0) is 30.5 Å². The van der Waals surface area contributed by atoms with Gasteiger partial charge in [0.05, 0.1) is 18.4 Å². The summed E-state index contributed by atoms with van der Waals surface area (Å²) in [5, 5.41) is 6.57. The van der Waals surface area contributed by atoms with E-state index in [4.69, 9.17) is 0 Å². The monoisotopic (exact) mass is 366 g/mol. The van der Waals surface area contributed by atoms with Gasteiger partial charge in [-0.25, -0.2) is 18.1 Å². The molecule has 2 rings (SSSR count). The van der Waals surface area contributed by atoms with Crippen molar-refractivity contribution in [2.45, 2.75) is 19.8 Å². The lowest BCUT2D eigenvalue weighted by Crippen LogP contribution is -2.44. The molecule has 0 unspecified atom stereocenters. The molecule has 0 bridgehead atoms. The van der Waals surface area contributed by atoms with Crippen LogP contribution in [0.2, 0.25) is 0 Å². The number of nitrogens with zero attached hydrogens (tertiary/aromatic N) is 2. The maximum Gasteiger partial charge on any atom is 0.244 e. The first-order chi connectivity index (χ1) is 11.8. The number of carbonyl (C=O) groups is 2. The molecule has 2 amide bonds. The highest BCUT2D eigenvalue weighted by atomic mass is 32.2. The van der Waals surface area contributed by atoms with E-state index >= 15 is 0 Å². The fourth-order valence-electron chi connectivity index (χ4n) is 2.58. The Hall–Kier alpha value is -2.26. The molecule has 1 heterocycles. The molecule has 1 fully saturated rings. The van der Waals surface area contributed by atoms with Gasteiger partial charge in [0.25, 0.3) is 0 Å². The van der Waals surface area contributed by atoms with Gasteiger partial charge >= 0.3 is 0 Å².